The van der Waals surface area contributed by atoms with Crippen molar-refractivity contribution >= 4 is 0 Å². The molecule has 9 heavy (non-hydrogen) atoms. The second kappa shape index (κ2) is 1.50. The van der Waals surface area contributed by atoms with Crippen LogP contribution >= 0.6 is 0 Å². The third-order valence-electron chi connectivity index (χ3n) is 3.00. The zero-order valence-electron chi connectivity index (χ0n) is 5.38. The fourth-order valence-electron chi connectivity index (χ4n) is 2.04. The lowest BCUT2D eigenvalue weighted by Gasteiger charge is -1.88. The minimum absolute atomic E-state index is 0.330. The van der Waals surface area contributed by atoms with E-state index in [1.165, 1.54) is 0 Å². The zero-order chi connectivity index (χ0) is 6.48. The Balaban J connectivity index is 1.90. The molecule has 0 amide bonds. The number of hydrogen-bond acceptors (Lipinski definition) is 2. The maximum Gasteiger partial charge on any atom is 0.0464 e. The summed E-state index contributed by atoms with van der Waals surface area (Å²) in [5.74, 6) is 1.07. The molecule has 52 valence electrons. The molecule has 2 aliphatic rings. The van der Waals surface area contributed by atoms with Crippen molar-refractivity contribution in [2.24, 2.45) is 17.3 Å². The zero-order valence-corrected chi connectivity index (χ0v) is 5.38. The molecule has 2 nitrogen and oxygen atoms in total. The minimum atomic E-state index is 0.330. The summed E-state index contributed by atoms with van der Waals surface area (Å²) >= 11 is 0. The van der Waals surface area contributed by atoms with Gasteiger partial charge in [0.25, 0.3) is 0 Å². The Bertz CT molecular complexity index is 117. The van der Waals surface area contributed by atoms with Crippen LogP contribution in [0.15, 0.2) is 0 Å². The molecule has 0 radical (unpaired) electrons. The fraction of sp³-hybridized carbons (Fsp3) is 1.00. The Hall–Kier alpha value is -0.0800. The van der Waals surface area contributed by atoms with Crippen molar-refractivity contribution < 1.29 is 10.2 Å². The first-order valence-corrected chi connectivity index (χ1v) is 3.55. The van der Waals surface area contributed by atoms with E-state index in [1.54, 1.807) is 0 Å². The number of hydrogen-bond donors (Lipinski definition) is 2. The summed E-state index contributed by atoms with van der Waals surface area (Å²) in [7, 11) is 0. The van der Waals surface area contributed by atoms with Crippen LogP contribution in [0.1, 0.15) is 12.8 Å². The van der Waals surface area contributed by atoms with Gasteiger partial charge in [-0.2, -0.15) is 0 Å². The van der Waals surface area contributed by atoms with Gasteiger partial charge in [0, 0.05) is 13.2 Å². The second-order valence-electron chi connectivity index (χ2n) is 3.40. The molecule has 2 unspecified atom stereocenters. The van der Waals surface area contributed by atoms with Crippen molar-refractivity contribution in [2.75, 3.05) is 13.2 Å². The highest BCUT2D eigenvalue weighted by Gasteiger charge is 2.69. The lowest BCUT2D eigenvalue weighted by Crippen LogP contribution is -1.93. The van der Waals surface area contributed by atoms with Crippen LogP contribution in [0.2, 0.25) is 0 Å². The predicted molar refractivity (Wildman–Crippen MR) is 32.8 cm³/mol. The Morgan fingerprint density at radius 2 is 1.56 bits per heavy atom. The molecule has 1 spiro atoms. The maximum absolute atomic E-state index is 8.71. The summed E-state index contributed by atoms with van der Waals surface area (Å²) < 4.78 is 0. The van der Waals surface area contributed by atoms with Crippen molar-refractivity contribution in [3.8, 4) is 0 Å². The van der Waals surface area contributed by atoms with Gasteiger partial charge in [0.15, 0.2) is 0 Å². The van der Waals surface area contributed by atoms with Gasteiger partial charge in [-0.25, -0.2) is 0 Å². The third-order valence-corrected chi connectivity index (χ3v) is 3.00. The van der Waals surface area contributed by atoms with E-state index >= 15 is 0 Å². The topological polar surface area (TPSA) is 40.5 Å². The van der Waals surface area contributed by atoms with E-state index in [2.05, 4.69) is 0 Å². The van der Waals surface area contributed by atoms with Crippen molar-refractivity contribution in [1.29, 1.82) is 0 Å². The van der Waals surface area contributed by atoms with Crippen LogP contribution in [0.3, 0.4) is 0 Å². The van der Waals surface area contributed by atoms with Crippen molar-refractivity contribution in [1.82, 2.24) is 0 Å². The van der Waals surface area contributed by atoms with Gasteiger partial charge in [-0.3, -0.25) is 0 Å². The normalized spacial score (nSPS) is 54.0. The fourth-order valence-corrected chi connectivity index (χ4v) is 2.04. The molecule has 0 bridgehead atoms. The Labute approximate surface area is 54.5 Å². The van der Waals surface area contributed by atoms with E-state index in [0.29, 0.717) is 30.5 Å². The van der Waals surface area contributed by atoms with Crippen LogP contribution in [0.25, 0.3) is 0 Å². The minimum Gasteiger partial charge on any atom is -0.396 e. The van der Waals surface area contributed by atoms with Gasteiger partial charge in [0.2, 0.25) is 0 Å². The van der Waals surface area contributed by atoms with Gasteiger partial charge in [0.05, 0.1) is 0 Å². The molecule has 2 rings (SSSR count). The predicted octanol–water partition coefficient (Wildman–Crippen LogP) is -0.00280. The van der Waals surface area contributed by atoms with E-state index < -0.39 is 0 Å². The van der Waals surface area contributed by atoms with E-state index in [4.69, 9.17) is 10.2 Å². The van der Waals surface area contributed by atoms with Crippen LogP contribution in [0.5, 0.6) is 0 Å². The Kier molecular flexibility index (Phi) is 0.945. The first kappa shape index (κ1) is 5.69. The molecule has 2 fully saturated rings. The Morgan fingerprint density at radius 1 is 1.11 bits per heavy atom. The maximum atomic E-state index is 8.71. The van der Waals surface area contributed by atoms with Gasteiger partial charge in [-0.05, 0) is 30.1 Å². The van der Waals surface area contributed by atoms with E-state index in [1.807, 2.05) is 0 Å². The van der Waals surface area contributed by atoms with E-state index in [-0.39, 0.29) is 0 Å². The first-order chi connectivity index (χ1) is 4.33. The highest BCUT2D eigenvalue weighted by atomic mass is 16.3. The van der Waals surface area contributed by atoms with Crippen molar-refractivity contribution in [2.45, 2.75) is 12.8 Å². The van der Waals surface area contributed by atoms with Crippen LogP contribution in [-0.4, -0.2) is 23.4 Å². The summed E-state index contributed by atoms with van der Waals surface area (Å²) in [5.41, 5.74) is 0.434. The van der Waals surface area contributed by atoms with Gasteiger partial charge < -0.3 is 10.2 Å². The summed E-state index contributed by atoms with van der Waals surface area (Å²) in [4.78, 5) is 0. The summed E-state index contributed by atoms with van der Waals surface area (Å²) in [6, 6.07) is 0. The largest absolute Gasteiger partial charge is 0.396 e. The molecular weight excluding hydrogens is 116 g/mol. The SMILES string of the molecule is OCC1CC12CC2CO. The summed E-state index contributed by atoms with van der Waals surface area (Å²) in [5, 5.41) is 17.4. The quantitative estimate of drug-likeness (QED) is 0.549. The first-order valence-electron chi connectivity index (χ1n) is 3.55. The standard InChI is InChI=1S/C7H12O2/c8-3-5-1-7(5)2-6(7)4-9/h5-6,8-9H,1-4H2. The van der Waals surface area contributed by atoms with Gasteiger partial charge in [-0.15, -0.1) is 0 Å². The summed E-state index contributed by atoms with van der Waals surface area (Å²) in [6.07, 6.45) is 2.32. The van der Waals surface area contributed by atoms with Crippen LogP contribution in [0, 0.1) is 17.3 Å². The lowest BCUT2D eigenvalue weighted by atomic mass is 10.2. The molecule has 2 saturated carbocycles. The smallest absolute Gasteiger partial charge is 0.0464 e. The van der Waals surface area contributed by atoms with Crippen LogP contribution in [0.4, 0.5) is 0 Å². The molecule has 0 saturated heterocycles. The van der Waals surface area contributed by atoms with E-state index in [0.717, 1.165) is 12.8 Å². The van der Waals surface area contributed by atoms with E-state index in [9.17, 15) is 0 Å². The summed E-state index contributed by atoms with van der Waals surface area (Å²) in [6.45, 7) is 0.660. The number of aliphatic hydroxyl groups excluding tert-OH is 2. The molecule has 0 aliphatic heterocycles. The highest BCUT2D eigenvalue weighted by molar-refractivity contribution is 5.17. The monoisotopic (exact) mass is 128 g/mol. The van der Waals surface area contributed by atoms with Gasteiger partial charge >= 0.3 is 0 Å². The molecular formula is C7H12O2. The Morgan fingerprint density at radius 3 is 1.78 bits per heavy atom. The highest BCUT2D eigenvalue weighted by Crippen LogP contribution is 2.74. The molecule has 0 aromatic carbocycles. The average molecular weight is 128 g/mol. The van der Waals surface area contributed by atoms with Crippen LogP contribution < -0.4 is 0 Å². The molecule has 0 aromatic heterocycles. The van der Waals surface area contributed by atoms with Gasteiger partial charge in [0.1, 0.15) is 0 Å². The van der Waals surface area contributed by atoms with Crippen LogP contribution in [-0.2, 0) is 0 Å². The van der Waals surface area contributed by atoms with Crippen molar-refractivity contribution in [3.63, 3.8) is 0 Å². The molecule has 2 N–H and O–H groups in total. The molecule has 0 heterocycles. The molecule has 2 aliphatic carbocycles. The molecule has 2 heteroatoms. The average Bonchev–Trinajstić information content (AvgIpc) is 2.74. The lowest BCUT2D eigenvalue weighted by molar-refractivity contribution is 0.244. The number of aliphatic hydroxyl groups is 2. The van der Waals surface area contributed by atoms with Crippen molar-refractivity contribution in [3.05, 3.63) is 0 Å². The molecule has 2 atom stereocenters. The second-order valence-corrected chi connectivity index (χ2v) is 3.40. The molecule has 0 aromatic rings. The third kappa shape index (κ3) is 0.578. The van der Waals surface area contributed by atoms with Gasteiger partial charge in [-0.1, -0.05) is 0 Å². The number of rotatable bonds is 2.